The minimum Gasteiger partial charge on any atom is -0.389 e. The van der Waals surface area contributed by atoms with E-state index in [9.17, 15) is 0 Å². The van der Waals surface area contributed by atoms with Gasteiger partial charge in [-0.3, -0.25) is 0 Å². The summed E-state index contributed by atoms with van der Waals surface area (Å²) in [5.74, 6) is 2.16. The van der Waals surface area contributed by atoms with Crippen LogP contribution in [-0.4, -0.2) is 22.7 Å². The molecule has 54 valence electrons. The molecule has 0 aromatic carbocycles. The van der Waals surface area contributed by atoms with E-state index in [2.05, 4.69) is 6.92 Å². The van der Waals surface area contributed by atoms with Crippen molar-refractivity contribution >= 4 is 11.8 Å². The third-order valence-electron chi connectivity index (χ3n) is 0.833. The Bertz CT molecular complexity index is 79.0. The van der Waals surface area contributed by atoms with Crippen molar-refractivity contribution in [3.63, 3.8) is 0 Å². The van der Waals surface area contributed by atoms with E-state index in [0.717, 1.165) is 11.5 Å². The highest BCUT2D eigenvalue weighted by Crippen LogP contribution is 1.98. The van der Waals surface area contributed by atoms with E-state index in [-0.39, 0.29) is 6.10 Å². The normalized spacial score (nSPS) is 14.6. The van der Waals surface area contributed by atoms with Crippen molar-refractivity contribution in [2.75, 3.05) is 11.5 Å². The summed E-state index contributed by atoms with van der Waals surface area (Å²) < 4.78 is 0. The van der Waals surface area contributed by atoms with Gasteiger partial charge in [-0.2, -0.15) is 11.8 Å². The Kier molecular flexibility index (Phi) is 6.21. The molecule has 1 unspecified atom stereocenters. The van der Waals surface area contributed by atoms with Gasteiger partial charge in [-0.1, -0.05) is 19.1 Å². The van der Waals surface area contributed by atoms with Crippen molar-refractivity contribution in [3.8, 4) is 0 Å². The first kappa shape index (κ1) is 9.05. The molecular weight excluding hydrogens is 132 g/mol. The van der Waals surface area contributed by atoms with Crippen LogP contribution in [0.15, 0.2) is 12.2 Å². The number of aliphatic hydroxyl groups is 1. The van der Waals surface area contributed by atoms with Crippen LogP contribution >= 0.6 is 11.8 Å². The first-order valence-corrected chi connectivity index (χ1v) is 4.35. The first-order valence-electron chi connectivity index (χ1n) is 3.19. The van der Waals surface area contributed by atoms with Gasteiger partial charge in [0.2, 0.25) is 0 Å². The Morgan fingerprint density at radius 3 is 2.78 bits per heavy atom. The molecule has 2 heteroatoms. The third-order valence-corrected chi connectivity index (χ3v) is 1.67. The lowest BCUT2D eigenvalue weighted by molar-refractivity contribution is 0.244. The van der Waals surface area contributed by atoms with E-state index in [4.69, 9.17) is 5.11 Å². The fraction of sp³-hybridized carbons (Fsp3) is 0.714. The molecule has 0 aliphatic carbocycles. The van der Waals surface area contributed by atoms with Crippen molar-refractivity contribution in [1.29, 1.82) is 0 Å². The lowest BCUT2D eigenvalue weighted by Crippen LogP contribution is -1.91. The van der Waals surface area contributed by atoms with Crippen LogP contribution in [0, 0.1) is 0 Å². The van der Waals surface area contributed by atoms with E-state index >= 15 is 0 Å². The van der Waals surface area contributed by atoms with Crippen LogP contribution in [0.5, 0.6) is 0 Å². The maximum absolute atomic E-state index is 8.76. The van der Waals surface area contributed by atoms with Crippen LogP contribution in [0.4, 0.5) is 0 Å². The minimum absolute atomic E-state index is 0.289. The SMILES string of the molecule is CCSC/C=C/C(C)O. The van der Waals surface area contributed by atoms with Crippen molar-refractivity contribution in [2.24, 2.45) is 0 Å². The average molecular weight is 146 g/mol. The Labute approximate surface area is 61.2 Å². The van der Waals surface area contributed by atoms with Gasteiger partial charge in [-0.25, -0.2) is 0 Å². The lowest BCUT2D eigenvalue weighted by Gasteiger charge is -1.92. The molecular formula is C7H14OS. The summed E-state index contributed by atoms with van der Waals surface area (Å²) in [5, 5.41) is 8.76. The Balaban J connectivity index is 3.04. The molecule has 0 aromatic rings. The summed E-state index contributed by atoms with van der Waals surface area (Å²) in [4.78, 5) is 0. The fourth-order valence-electron chi connectivity index (χ4n) is 0.438. The van der Waals surface area contributed by atoms with Gasteiger partial charge >= 0.3 is 0 Å². The van der Waals surface area contributed by atoms with Crippen molar-refractivity contribution in [1.82, 2.24) is 0 Å². The zero-order valence-corrected chi connectivity index (χ0v) is 6.82. The highest BCUT2D eigenvalue weighted by atomic mass is 32.2. The van der Waals surface area contributed by atoms with E-state index in [1.54, 1.807) is 6.92 Å². The van der Waals surface area contributed by atoms with Crippen LogP contribution in [0.25, 0.3) is 0 Å². The van der Waals surface area contributed by atoms with Gasteiger partial charge < -0.3 is 5.11 Å². The molecule has 0 rings (SSSR count). The van der Waals surface area contributed by atoms with Crippen LogP contribution in [0.2, 0.25) is 0 Å². The first-order chi connectivity index (χ1) is 4.27. The molecule has 0 radical (unpaired) electrons. The zero-order chi connectivity index (χ0) is 7.11. The Hall–Kier alpha value is 0.0500. The van der Waals surface area contributed by atoms with Crippen molar-refractivity contribution in [2.45, 2.75) is 20.0 Å². The predicted molar refractivity (Wildman–Crippen MR) is 43.8 cm³/mol. The number of rotatable bonds is 4. The Morgan fingerprint density at radius 1 is 1.67 bits per heavy atom. The van der Waals surface area contributed by atoms with Crippen LogP contribution < -0.4 is 0 Å². The molecule has 0 heterocycles. The summed E-state index contributed by atoms with van der Waals surface area (Å²) in [6.45, 7) is 3.88. The topological polar surface area (TPSA) is 20.2 Å². The monoisotopic (exact) mass is 146 g/mol. The standard InChI is InChI=1S/C7H14OS/c1-3-9-6-4-5-7(2)8/h4-5,7-8H,3,6H2,1-2H3/b5-4+. The summed E-state index contributed by atoms with van der Waals surface area (Å²) in [7, 11) is 0. The summed E-state index contributed by atoms with van der Waals surface area (Å²) in [6.07, 6.45) is 3.52. The summed E-state index contributed by atoms with van der Waals surface area (Å²) >= 11 is 1.85. The molecule has 0 aromatic heterocycles. The molecule has 0 bridgehead atoms. The van der Waals surface area contributed by atoms with Crippen LogP contribution in [0.3, 0.4) is 0 Å². The molecule has 0 fully saturated rings. The van der Waals surface area contributed by atoms with Gasteiger partial charge in [0.25, 0.3) is 0 Å². The molecule has 9 heavy (non-hydrogen) atoms. The van der Waals surface area contributed by atoms with E-state index in [1.165, 1.54) is 0 Å². The maximum Gasteiger partial charge on any atom is 0.0693 e. The molecule has 0 aliphatic rings. The molecule has 1 atom stereocenters. The van der Waals surface area contributed by atoms with Gasteiger partial charge in [-0.15, -0.1) is 0 Å². The number of hydrogen-bond acceptors (Lipinski definition) is 2. The van der Waals surface area contributed by atoms with Gasteiger partial charge in [0, 0.05) is 5.75 Å². The maximum atomic E-state index is 8.76. The molecule has 0 amide bonds. The molecule has 0 saturated heterocycles. The van der Waals surface area contributed by atoms with Gasteiger partial charge in [-0.05, 0) is 12.7 Å². The smallest absolute Gasteiger partial charge is 0.0693 e. The van der Waals surface area contributed by atoms with E-state index < -0.39 is 0 Å². The second-order valence-corrected chi connectivity index (χ2v) is 3.15. The zero-order valence-electron chi connectivity index (χ0n) is 6.00. The molecule has 0 aliphatic heterocycles. The highest BCUT2D eigenvalue weighted by molar-refractivity contribution is 7.99. The van der Waals surface area contributed by atoms with Crippen LogP contribution in [-0.2, 0) is 0 Å². The van der Waals surface area contributed by atoms with Gasteiger partial charge in [0.1, 0.15) is 0 Å². The number of thioether (sulfide) groups is 1. The second kappa shape index (κ2) is 6.17. The van der Waals surface area contributed by atoms with Gasteiger partial charge in [0.05, 0.1) is 6.10 Å². The molecule has 1 nitrogen and oxygen atoms in total. The quantitative estimate of drug-likeness (QED) is 0.481. The number of hydrogen-bond donors (Lipinski definition) is 1. The number of aliphatic hydroxyl groups excluding tert-OH is 1. The fourth-order valence-corrected chi connectivity index (χ4v) is 0.921. The second-order valence-electron chi connectivity index (χ2n) is 1.83. The highest BCUT2D eigenvalue weighted by Gasteiger charge is 1.83. The van der Waals surface area contributed by atoms with Crippen molar-refractivity contribution in [3.05, 3.63) is 12.2 Å². The largest absolute Gasteiger partial charge is 0.389 e. The summed E-state index contributed by atoms with van der Waals surface area (Å²) in [5.41, 5.74) is 0. The van der Waals surface area contributed by atoms with Crippen LogP contribution in [0.1, 0.15) is 13.8 Å². The molecule has 1 N–H and O–H groups in total. The average Bonchev–Trinajstić information content (AvgIpc) is 1.80. The minimum atomic E-state index is -0.289. The third kappa shape index (κ3) is 8.05. The predicted octanol–water partition coefficient (Wildman–Crippen LogP) is 1.68. The van der Waals surface area contributed by atoms with Gasteiger partial charge in [0.15, 0.2) is 0 Å². The molecule has 0 saturated carbocycles. The van der Waals surface area contributed by atoms with E-state index in [0.29, 0.717) is 0 Å². The van der Waals surface area contributed by atoms with E-state index in [1.807, 2.05) is 23.9 Å². The molecule has 0 spiro atoms. The lowest BCUT2D eigenvalue weighted by atomic mass is 10.4. The van der Waals surface area contributed by atoms with Crippen molar-refractivity contribution < 1.29 is 5.11 Å². The summed E-state index contributed by atoms with van der Waals surface area (Å²) in [6, 6.07) is 0. The Morgan fingerprint density at radius 2 is 2.33 bits per heavy atom.